The van der Waals surface area contributed by atoms with Crippen LogP contribution >= 0.6 is 0 Å². The maximum atomic E-state index is 9.24. The second-order valence-electron chi connectivity index (χ2n) is 1.17. The Balaban J connectivity index is 0. The summed E-state index contributed by atoms with van der Waals surface area (Å²) in [6.07, 6.45) is 1.51. The van der Waals surface area contributed by atoms with Crippen molar-refractivity contribution in [2.24, 2.45) is 5.73 Å². The molecule has 0 unspecified atom stereocenters. The minimum absolute atomic E-state index is 0.278. The van der Waals surface area contributed by atoms with Crippen molar-refractivity contribution >= 4 is 12.3 Å². The molecule has 0 aromatic heterocycles. The maximum Gasteiger partial charge on any atom is 0.317 e. The van der Waals surface area contributed by atoms with Crippen molar-refractivity contribution in [1.82, 2.24) is 0 Å². The van der Waals surface area contributed by atoms with Crippen LogP contribution in [0.5, 0.6) is 0 Å². The van der Waals surface area contributed by atoms with Gasteiger partial charge in [0.25, 0.3) is 0 Å². The summed E-state index contributed by atoms with van der Waals surface area (Å²) in [5, 5.41) is 7.60. The van der Waals surface area contributed by atoms with Gasteiger partial charge in [0.15, 0.2) is 0 Å². The van der Waals surface area contributed by atoms with Crippen LogP contribution in [0.1, 0.15) is 13.3 Å². The molecular formula is C5H11NO3. The van der Waals surface area contributed by atoms with Crippen LogP contribution < -0.4 is 5.73 Å². The van der Waals surface area contributed by atoms with Gasteiger partial charge in [-0.2, -0.15) is 0 Å². The van der Waals surface area contributed by atoms with E-state index in [0.29, 0.717) is 6.42 Å². The van der Waals surface area contributed by atoms with Crippen molar-refractivity contribution in [3.63, 3.8) is 0 Å². The molecule has 0 bridgehead atoms. The first-order valence-electron chi connectivity index (χ1n) is 2.54. The normalized spacial score (nSPS) is 6.89. The SMILES string of the molecule is CCC=O.NCC(=O)O. The van der Waals surface area contributed by atoms with Gasteiger partial charge < -0.3 is 15.6 Å². The van der Waals surface area contributed by atoms with E-state index in [-0.39, 0.29) is 6.54 Å². The topological polar surface area (TPSA) is 80.4 Å². The summed E-state index contributed by atoms with van der Waals surface area (Å²) < 4.78 is 0. The maximum absolute atomic E-state index is 9.24. The van der Waals surface area contributed by atoms with E-state index in [0.717, 1.165) is 6.29 Å². The predicted octanol–water partition coefficient (Wildman–Crippen LogP) is -0.375. The highest BCUT2D eigenvalue weighted by Crippen LogP contribution is 1.53. The number of nitrogens with two attached hydrogens (primary N) is 1. The molecule has 0 radical (unpaired) electrons. The minimum Gasteiger partial charge on any atom is -0.480 e. The average Bonchev–Trinajstić information content (AvgIpc) is 1.89. The molecule has 0 saturated heterocycles. The highest BCUT2D eigenvalue weighted by Gasteiger charge is 1.81. The number of hydrogen-bond acceptors (Lipinski definition) is 3. The standard InChI is InChI=1S/C3H6O.C2H5NO2/c1-2-3-4;3-1-2(4)5/h3H,2H2,1H3;1,3H2,(H,4,5). The quantitative estimate of drug-likeness (QED) is 0.503. The van der Waals surface area contributed by atoms with Crippen molar-refractivity contribution < 1.29 is 14.7 Å². The van der Waals surface area contributed by atoms with E-state index in [1.165, 1.54) is 0 Å². The zero-order chi connectivity index (χ0) is 7.70. The Bertz CT molecular complexity index is 82.3. The molecule has 0 heterocycles. The molecule has 0 aliphatic heterocycles. The van der Waals surface area contributed by atoms with E-state index in [2.05, 4.69) is 5.73 Å². The molecule has 54 valence electrons. The number of carbonyl (C=O) groups is 2. The number of carboxylic acid groups (broad SMARTS) is 1. The fraction of sp³-hybridized carbons (Fsp3) is 0.600. The molecule has 3 N–H and O–H groups in total. The van der Waals surface area contributed by atoms with Crippen molar-refractivity contribution in [3.05, 3.63) is 0 Å². The molecule has 9 heavy (non-hydrogen) atoms. The highest BCUT2D eigenvalue weighted by molar-refractivity contribution is 5.68. The first kappa shape index (κ1) is 11.0. The third-order valence-electron chi connectivity index (χ3n) is 0.341. The molecule has 0 aliphatic rings. The van der Waals surface area contributed by atoms with Crippen LogP contribution in [0, 0.1) is 0 Å². The summed E-state index contributed by atoms with van der Waals surface area (Å²) in [4.78, 5) is 18.4. The van der Waals surface area contributed by atoms with Crippen molar-refractivity contribution in [2.45, 2.75) is 13.3 Å². The summed E-state index contributed by atoms with van der Waals surface area (Å²) in [5.74, 6) is -0.968. The summed E-state index contributed by atoms with van der Waals surface area (Å²) >= 11 is 0. The molecule has 4 heteroatoms. The second kappa shape index (κ2) is 10.2. The average molecular weight is 133 g/mol. The van der Waals surface area contributed by atoms with Crippen LogP contribution in [-0.2, 0) is 9.59 Å². The molecule has 0 aromatic carbocycles. The smallest absolute Gasteiger partial charge is 0.317 e. The Hall–Kier alpha value is -0.900. The molecule has 4 nitrogen and oxygen atoms in total. The van der Waals surface area contributed by atoms with E-state index in [1.807, 2.05) is 6.92 Å². The third-order valence-corrected chi connectivity index (χ3v) is 0.341. The third kappa shape index (κ3) is 41.9. The fourth-order valence-corrected chi connectivity index (χ4v) is 0. The Morgan fingerprint density at radius 2 is 2.00 bits per heavy atom. The number of carboxylic acids is 1. The monoisotopic (exact) mass is 133 g/mol. The number of carbonyl (C=O) groups excluding carboxylic acids is 1. The van der Waals surface area contributed by atoms with Gasteiger partial charge in [-0.1, -0.05) is 6.92 Å². The molecule has 0 aliphatic carbocycles. The van der Waals surface area contributed by atoms with Crippen LogP contribution in [0.3, 0.4) is 0 Å². The van der Waals surface area contributed by atoms with Gasteiger partial charge in [-0.05, 0) is 0 Å². The molecule has 0 fully saturated rings. The molecular weight excluding hydrogens is 122 g/mol. The van der Waals surface area contributed by atoms with E-state index in [1.54, 1.807) is 0 Å². The van der Waals surface area contributed by atoms with Gasteiger partial charge >= 0.3 is 5.97 Å². The van der Waals surface area contributed by atoms with Gasteiger partial charge in [0, 0.05) is 6.42 Å². The zero-order valence-electron chi connectivity index (χ0n) is 5.33. The van der Waals surface area contributed by atoms with Crippen LogP contribution in [-0.4, -0.2) is 23.9 Å². The lowest BCUT2D eigenvalue weighted by Gasteiger charge is -1.73. The van der Waals surface area contributed by atoms with Crippen LogP contribution in [0.2, 0.25) is 0 Å². The van der Waals surface area contributed by atoms with Gasteiger partial charge in [0.1, 0.15) is 6.29 Å². The van der Waals surface area contributed by atoms with E-state index in [9.17, 15) is 9.59 Å². The van der Waals surface area contributed by atoms with Gasteiger partial charge in [-0.25, -0.2) is 0 Å². The number of rotatable bonds is 2. The molecule has 0 aromatic rings. The van der Waals surface area contributed by atoms with Gasteiger partial charge in [-0.3, -0.25) is 4.79 Å². The summed E-state index contributed by atoms with van der Waals surface area (Å²) in [6, 6.07) is 0. The van der Waals surface area contributed by atoms with Gasteiger partial charge in [-0.15, -0.1) is 0 Å². The van der Waals surface area contributed by atoms with Crippen LogP contribution in [0.25, 0.3) is 0 Å². The molecule has 0 saturated carbocycles. The number of aliphatic carboxylic acids is 1. The number of hydrogen-bond donors (Lipinski definition) is 2. The lowest BCUT2D eigenvalue weighted by Crippen LogP contribution is -2.10. The highest BCUT2D eigenvalue weighted by atomic mass is 16.4. The van der Waals surface area contributed by atoms with E-state index >= 15 is 0 Å². The first-order valence-corrected chi connectivity index (χ1v) is 2.54. The molecule has 0 atom stereocenters. The van der Waals surface area contributed by atoms with Gasteiger partial charge in [0.2, 0.25) is 0 Å². The summed E-state index contributed by atoms with van der Waals surface area (Å²) in [5.41, 5.74) is 4.57. The zero-order valence-corrected chi connectivity index (χ0v) is 5.33. The Morgan fingerprint density at radius 1 is 1.78 bits per heavy atom. The molecule has 0 rings (SSSR count). The summed E-state index contributed by atoms with van der Waals surface area (Å²) in [6.45, 7) is 1.53. The number of aldehydes is 1. The lowest BCUT2D eigenvalue weighted by atomic mass is 10.6. The largest absolute Gasteiger partial charge is 0.480 e. The van der Waals surface area contributed by atoms with Crippen molar-refractivity contribution in [2.75, 3.05) is 6.54 Å². The van der Waals surface area contributed by atoms with Crippen molar-refractivity contribution in [1.29, 1.82) is 0 Å². The Labute approximate surface area is 53.7 Å². The van der Waals surface area contributed by atoms with E-state index < -0.39 is 5.97 Å². The van der Waals surface area contributed by atoms with E-state index in [4.69, 9.17) is 5.11 Å². The lowest BCUT2D eigenvalue weighted by molar-refractivity contribution is -0.135. The minimum atomic E-state index is -0.968. The Kier molecular flexibility index (Phi) is 12.4. The fourth-order valence-electron chi connectivity index (χ4n) is 0. The predicted molar refractivity (Wildman–Crippen MR) is 33.0 cm³/mol. The molecule has 0 spiro atoms. The Morgan fingerprint density at radius 3 is 2.00 bits per heavy atom. The van der Waals surface area contributed by atoms with Crippen LogP contribution in [0.15, 0.2) is 0 Å². The van der Waals surface area contributed by atoms with Crippen molar-refractivity contribution in [3.8, 4) is 0 Å². The summed E-state index contributed by atoms with van der Waals surface area (Å²) in [7, 11) is 0. The molecule has 0 amide bonds. The van der Waals surface area contributed by atoms with Gasteiger partial charge in [0.05, 0.1) is 6.54 Å². The van der Waals surface area contributed by atoms with Crippen LogP contribution in [0.4, 0.5) is 0 Å². The second-order valence-corrected chi connectivity index (χ2v) is 1.17. The first-order chi connectivity index (χ1) is 4.18.